The molecule has 0 spiro atoms. The zero-order valence-electron chi connectivity index (χ0n) is 83.3. The first-order valence-electron chi connectivity index (χ1n) is 51.0. The molecule has 1 fully saturated rings. The van der Waals surface area contributed by atoms with Crippen LogP contribution in [0.25, 0.3) is 93.6 Å². The molecular weight excluding hydrogens is 1770 g/mol. The number of aryl methyl sites for hydroxylation is 6. The SMILES string of the molecule is Cc1ccc(N(c2ccc(C)cc2)c2ccc(C3(c4ccc(N(c5ccc(C)cc5)c5ccc(C)cc5)cc4)CCCCC3)cc2)cc1.Cc1ccc(N(c2ccccc2)c2ccc(-c3ccc(N(c4ccccc4)c4ccc(C)cc4)cc3)cc2)cc1.c1ccc2c(c1)c1ccccc1n2-c1ccc(N(c2ccc(-n3c4ccccc4c4ccccc43)cc2)c2ccc(-n3c4ccccc4c4ccccc43)cc2)cc1. The molecule has 1 aliphatic carbocycles. The van der Waals surface area contributed by atoms with Gasteiger partial charge in [-0.15, -0.1) is 0 Å². The Morgan fingerprint density at radius 2 is 0.308 bits per heavy atom. The fraction of sp³-hybridized carbons (Fsp3) is 0.0870. The summed E-state index contributed by atoms with van der Waals surface area (Å²) < 4.78 is 7.12. The van der Waals surface area contributed by atoms with Gasteiger partial charge in [-0.2, -0.15) is 0 Å². The Bertz CT molecular complexity index is 7760. The van der Waals surface area contributed by atoms with E-state index in [0.29, 0.717) is 0 Å². The van der Waals surface area contributed by atoms with E-state index in [4.69, 9.17) is 0 Å². The molecule has 706 valence electrons. The smallest absolute Gasteiger partial charge is 0.0541 e. The maximum atomic E-state index is 2.40. The summed E-state index contributed by atoms with van der Waals surface area (Å²) in [5, 5.41) is 7.56. The van der Waals surface area contributed by atoms with Gasteiger partial charge in [0.25, 0.3) is 0 Å². The van der Waals surface area contributed by atoms with E-state index in [-0.39, 0.29) is 5.41 Å². The van der Waals surface area contributed by atoms with E-state index in [1.54, 1.807) is 0 Å². The lowest BCUT2D eigenvalue weighted by Gasteiger charge is -2.39. The minimum Gasteiger partial charge on any atom is -0.311 e. The standard InChI is InChI=1S/C54H36N4.C46H46N2.C38H32N2/c1-7-19-49-43(13-1)44-14-2-8-20-50(44)56(49)40-31-25-37(26-32-40)55(38-27-33-41(34-28-38)57-51-21-9-3-15-45(51)46-16-4-10-22-52(46)57)39-29-35-42(36-30-39)58-53-23-11-5-17-47(53)48-18-6-12-24-54(48)58;1-34-8-20-40(21-9-34)47(41-22-10-35(2)11-23-41)44-28-16-38(17-29-44)46(32-6-5-7-33-46)39-18-30-45(31-19-39)48(42-24-12-36(3)13-25-42)43-26-14-37(4)15-27-43;1-29-13-21-35(22-14-29)39(33-9-5-3-6-10-33)37-25-17-31(18-26-37)32-19-27-38(28-20-32)40(34-11-7-4-8-12-34)36-23-15-30(2)16-24-36/h1-36H;8-31H,5-7,32-33H2,1-4H3;3-28H,1-2H3. The Morgan fingerprint density at radius 1 is 0.151 bits per heavy atom. The molecule has 8 heteroatoms. The first-order chi connectivity index (χ1) is 71.8. The van der Waals surface area contributed by atoms with Crippen molar-refractivity contribution >= 4 is 151 Å². The summed E-state index contributed by atoms with van der Waals surface area (Å²) in [6, 6.07) is 190. The molecule has 0 bridgehead atoms. The number of anilines is 15. The topological polar surface area (TPSA) is 31.0 Å². The number of benzene rings is 21. The van der Waals surface area contributed by atoms with Gasteiger partial charge in [0.05, 0.1) is 33.1 Å². The van der Waals surface area contributed by atoms with Crippen LogP contribution in [0, 0.1) is 41.5 Å². The summed E-state index contributed by atoms with van der Waals surface area (Å²) in [5.41, 5.74) is 40.5. The third-order valence-electron chi connectivity index (χ3n) is 29.3. The molecule has 3 heterocycles. The molecule has 146 heavy (non-hydrogen) atoms. The van der Waals surface area contributed by atoms with Gasteiger partial charge in [0, 0.05) is 140 Å². The van der Waals surface area contributed by atoms with Crippen LogP contribution in [0.5, 0.6) is 0 Å². The quantitative estimate of drug-likeness (QED) is 0.0716. The summed E-state index contributed by atoms with van der Waals surface area (Å²) >= 11 is 0. The fourth-order valence-corrected chi connectivity index (χ4v) is 21.8. The lowest BCUT2D eigenvalue weighted by Crippen LogP contribution is -2.30. The molecule has 25 rings (SSSR count). The Hall–Kier alpha value is -18.0. The van der Waals surface area contributed by atoms with Gasteiger partial charge in [-0.05, 0) is 331 Å². The molecular formula is C138H114N8. The Labute approximate surface area is 856 Å². The van der Waals surface area contributed by atoms with Crippen molar-refractivity contribution in [1.82, 2.24) is 13.7 Å². The zero-order chi connectivity index (χ0) is 98.6. The molecule has 24 aromatic rings. The predicted octanol–water partition coefficient (Wildman–Crippen LogP) is 38.5. The number of hydrogen-bond acceptors (Lipinski definition) is 5. The lowest BCUT2D eigenvalue weighted by molar-refractivity contribution is 0.346. The summed E-state index contributed by atoms with van der Waals surface area (Å²) in [5.74, 6) is 0. The highest BCUT2D eigenvalue weighted by atomic mass is 15.2. The molecule has 0 unspecified atom stereocenters. The third kappa shape index (κ3) is 18.3. The molecule has 0 aliphatic heterocycles. The monoisotopic (exact) mass is 1880 g/mol. The van der Waals surface area contributed by atoms with Crippen LogP contribution in [-0.4, -0.2) is 13.7 Å². The van der Waals surface area contributed by atoms with Crippen molar-refractivity contribution in [2.24, 2.45) is 0 Å². The average molecular weight is 1880 g/mol. The van der Waals surface area contributed by atoms with Crippen LogP contribution < -0.4 is 24.5 Å². The summed E-state index contributed by atoms with van der Waals surface area (Å²) in [6.45, 7) is 12.8. The molecule has 0 radical (unpaired) electrons. The average Bonchev–Trinajstić information content (AvgIpc) is 1.69. The molecule has 0 saturated heterocycles. The summed E-state index contributed by atoms with van der Waals surface area (Å²) in [7, 11) is 0. The van der Waals surface area contributed by atoms with Crippen molar-refractivity contribution in [2.45, 2.75) is 79.1 Å². The van der Waals surface area contributed by atoms with Crippen LogP contribution in [0.15, 0.2) is 522 Å². The largest absolute Gasteiger partial charge is 0.311 e. The van der Waals surface area contributed by atoms with Crippen LogP contribution in [0.1, 0.15) is 76.6 Å². The number of nitrogens with zero attached hydrogens (tertiary/aromatic N) is 8. The van der Waals surface area contributed by atoms with Crippen LogP contribution in [0.2, 0.25) is 0 Å². The molecule has 8 nitrogen and oxygen atoms in total. The van der Waals surface area contributed by atoms with E-state index in [1.165, 1.54) is 187 Å². The van der Waals surface area contributed by atoms with Crippen molar-refractivity contribution < 1.29 is 0 Å². The second kappa shape index (κ2) is 40.6. The van der Waals surface area contributed by atoms with Gasteiger partial charge in [0.15, 0.2) is 0 Å². The van der Waals surface area contributed by atoms with Crippen molar-refractivity contribution in [1.29, 1.82) is 0 Å². The highest BCUT2D eigenvalue weighted by Gasteiger charge is 2.37. The normalized spacial score (nSPS) is 12.2. The second-order valence-corrected chi connectivity index (χ2v) is 38.9. The maximum absolute atomic E-state index is 2.40. The molecule has 21 aromatic carbocycles. The fourth-order valence-electron chi connectivity index (χ4n) is 21.8. The van der Waals surface area contributed by atoms with Gasteiger partial charge in [-0.25, -0.2) is 0 Å². The third-order valence-corrected chi connectivity index (χ3v) is 29.3. The highest BCUT2D eigenvalue weighted by Crippen LogP contribution is 2.50. The maximum Gasteiger partial charge on any atom is 0.0541 e. The van der Waals surface area contributed by atoms with E-state index >= 15 is 0 Å². The van der Waals surface area contributed by atoms with Crippen molar-refractivity contribution in [3.8, 4) is 28.2 Å². The van der Waals surface area contributed by atoms with Crippen LogP contribution in [-0.2, 0) is 5.41 Å². The minimum absolute atomic E-state index is 0.00636. The summed E-state index contributed by atoms with van der Waals surface area (Å²) in [4.78, 5) is 11.7. The first kappa shape index (κ1) is 91.8. The number of aromatic nitrogens is 3. The molecule has 1 aliphatic rings. The van der Waals surface area contributed by atoms with Gasteiger partial charge < -0.3 is 38.2 Å². The van der Waals surface area contributed by atoms with E-state index in [1.807, 2.05) is 0 Å². The van der Waals surface area contributed by atoms with Gasteiger partial charge >= 0.3 is 0 Å². The number of fused-ring (bicyclic) bond motifs is 9. The van der Waals surface area contributed by atoms with Gasteiger partial charge in [-0.3, -0.25) is 0 Å². The molecule has 3 aromatic heterocycles. The van der Waals surface area contributed by atoms with E-state index in [0.717, 1.165) is 68.2 Å². The van der Waals surface area contributed by atoms with Crippen molar-refractivity contribution in [3.05, 3.63) is 566 Å². The number of hydrogen-bond donors (Lipinski definition) is 0. The Morgan fingerprint density at radius 3 is 0.507 bits per heavy atom. The minimum atomic E-state index is 0.00636. The Kier molecular flexibility index (Phi) is 25.5. The highest BCUT2D eigenvalue weighted by molar-refractivity contribution is 6.12. The number of rotatable bonds is 21. The molecule has 1 saturated carbocycles. The molecule has 0 N–H and O–H groups in total. The molecule has 0 amide bonds. The second-order valence-electron chi connectivity index (χ2n) is 38.9. The van der Waals surface area contributed by atoms with Crippen LogP contribution in [0.4, 0.5) is 85.3 Å². The van der Waals surface area contributed by atoms with Gasteiger partial charge in [0.1, 0.15) is 0 Å². The number of para-hydroxylation sites is 8. The van der Waals surface area contributed by atoms with Gasteiger partial charge in [-0.1, -0.05) is 320 Å². The van der Waals surface area contributed by atoms with E-state index in [2.05, 4.69) is 601 Å². The van der Waals surface area contributed by atoms with Crippen molar-refractivity contribution in [2.75, 3.05) is 24.5 Å². The van der Waals surface area contributed by atoms with Gasteiger partial charge in [0.2, 0.25) is 0 Å². The van der Waals surface area contributed by atoms with Crippen LogP contribution in [0.3, 0.4) is 0 Å². The van der Waals surface area contributed by atoms with E-state index in [9.17, 15) is 0 Å². The zero-order valence-corrected chi connectivity index (χ0v) is 83.3. The van der Waals surface area contributed by atoms with E-state index < -0.39 is 0 Å². The Balaban J connectivity index is 0.000000123. The predicted molar refractivity (Wildman–Crippen MR) is 620 cm³/mol. The van der Waals surface area contributed by atoms with Crippen LogP contribution >= 0.6 is 0 Å². The summed E-state index contributed by atoms with van der Waals surface area (Å²) in [6.07, 6.45) is 6.15. The first-order valence-corrected chi connectivity index (χ1v) is 51.0. The van der Waals surface area contributed by atoms with Crippen molar-refractivity contribution in [3.63, 3.8) is 0 Å². The lowest BCUT2D eigenvalue weighted by atomic mass is 9.65. The molecule has 0 atom stereocenters.